The zero-order valence-electron chi connectivity index (χ0n) is 12.0. The number of nitrogens with one attached hydrogen (secondary N) is 1. The second kappa shape index (κ2) is 6.72. The highest BCUT2D eigenvalue weighted by atomic mass is 16.3. The molecule has 1 saturated heterocycles. The molecule has 3 nitrogen and oxygen atoms in total. The van der Waals surface area contributed by atoms with Crippen LogP contribution in [0, 0.1) is 11.3 Å². The summed E-state index contributed by atoms with van der Waals surface area (Å²) in [4.78, 5) is 2.55. The van der Waals surface area contributed by atoms with Gasteiger partial charge in [-0.1, -0.05) is 20.8 Å². The summed E-state index contributed by atoms with van der Waals surface area (Å²) < 4.78 is 0. The molecule has 3 heteroatoms. The lowest BCUT2D eigenvalue weighted by molar-refractivity contribution is 0.0581. The molecule has 1 atom stereocenters. The summed E-state index contributed by atoms with van der Waals surface area (Å²) in [6, 6.07) is 0. The lowest BCUT2D eigenvalue weighted by atomic mass is 9.88. The Hall–Kier alpha value is -0.120. The number of likely N-dealkylation sites (tertiary alicyclic amines) is 1. The number of aliphatic hydroxyl groups excluding tert-OH is 1. The molecule has 0 aliphatic carbocycles. The van der Waals surface area contributed by atoms with Crippen molar-refractivity contribution in [3.8, 4) is 0 Å². The first kappa shape index (κ1) is 14.9. The molecule has 102 valence electrons. The van der Waals surface area contributed by atoms with Crippen LogP contribution in [0.1, 0.15) is 40.5 Å². The van der Waals surface area contributed by atoms with Gasteiger partial charge < -0.3 is 15.3 Å². The Balaban J connectivity index is 2.29. The van der Waals surface area contributed by atoms with Crippen molar-refractivity contribution in [2.24, 2.45) is 11.3 Å². The van der Waals surface area contributed by atoms with Crippen molar-refractivity contribution in [2.45, 2.75) is 46.6 Å². The van der Waals surface area contributed by atoms with Gasteiger partial charge in [0.2, 0.25) is 0 Å². The highest BCUT2D eigenvalue weighted by Gasteiger charge is 2.26. The van der Waals surface area contributed by atoms with E-state index in [1.165, 1.54) is 0 Å². The molecule has 0 bridgehead atoms. The predicted octanol–water partition coefficient (Wildman–Crippen LogP) is 1.71. The topological polar surface area (TPSA) is 35.5 Å². The zero-order chi connectivity index (χ0) is 12.9. The summed E-state index contributed by atoms with van der Waals surface area (Å²) in [5, 5.41) is 13.0. The van der Waals surface area contributed by atoms with Gasteiger partial charge in [0.05, 0.1) is 6.10 Å². The van der Waals surface area contributed by atoms with E-state index in [0.717, 1.165) is 45.6 Å². The fourth-order valence-corrected chi connectivity index (χ4v) is 2.72. The van der Waals surface area contributed by atoms with Gasteiger partial charge >= 0.3 is 0 Å². The summed E-state index contributed by atoms with van der Waals surface area (Å²) in [7, 11) is 0. The van der Waals surface area contributed by atoms with E-state index in [-0.39, 0.29) is 6.10 Å². The molecule has 1 unspecified atom stereocenters. The number of aliphatic hydroxyl groups is 1. The first-order valence-electron chi connectivity index (χ1n) is 7.06. The average Bonchev–Trinajstić information content (AvgIpc) is 2.26. The first-order valence-corrected chi connectivity index (χ1v) is 7.06. The smallest absolute Gasteiger partial charge is 0.0541 e. The van der Waals surface area contributed by atoms with Crippen molar-refractivity contribution in [3.05, 3.63) is 0 Å². The van der Waals surface area contributed by atoms with Crippen LogP contribution in [0.4, 0.5) is 0 Å². The second-order valence-corrected chi connectivity index (χ2v) is 6.30. The van der Waals surface area contributed by atoms with Crippen LogP contribution >= 0.6 is 0 Å². The molecule has 1 heterocycles. The molecule has 0 radical (unpaired) electrons. The average molecular weight is 242 g/mol. The molecular formula is C14H30N2O. The fraction of sp³-hybridized carbons (Fsp3) is 1.00. The Labute approximate surface area is 107 Å². The van der Waals surface area contributed by atoms with E-state index in [9.17, 15) is 5.11 Å². The molecule has 2 N–H and O–H groups in total. The van der Waals surface area contributed by atoms with Crippen molar-refractivity contribution >= 4 is 0 Å². The number of hydrogen-bond donors (Lipinski definition) is 2. The summed E-state index contributed by atoms with van der Waals surface area (Å²) in [6.07, 6.45) is 2.16. The minimum Gasteiger partial charge on any atom is -0.393 e. The summed E-state index contributed by atoms with van der Waals surface area (Å²) >= 11 is 0. The van der Waals surface area contributed by atoms with E-state index in [2.05, 4.69) is 31.0 Å². The summed E-state index contributed by atoms with van der Waals surface area (Å²) in [6.45, 7) is 14.3. The third-order valence-corrected chi connectivity index (χ3v) is 3.82. The molecule has 1 aliphatic heterocycles. The maximum absolute atomic E-state index is 9.58. The largest absolute Gasteiger partial charge is 0.393 e. The van der Waals surface area contributed by atoms with Gasteiger partial charge in [-0.15, -0.1) is 0 Å². The van der Waals surface area contributed by atoms with Crippen molar-refractivity contribution in [2.75, 3.05) is 32.7 Å². The van der Waals surface area contributed by atoms with Crippen LogP contribution in [0.15, 0.2) is 0 Å². The van der Waals surface area contributed by atoms with Crippen molar-refractivity contribution < 1.29 is 5.11 Å². The van der Waals surface area contributed by atoms with Gasteiger partial charge in [0.25, 0.3) is 0 Å². The number of piperidine rings is 1. The van der Waals surface area contributed by atoms with E-state index in [0.29, 0.717) is 11.3 Å². The lowest BCUT2D eigenvalue weighted by Gasteiger charge is -2.38. The standard InChI is InChI=1S/C14H30N2O/c1-5-15-10-14(3,4)11-16-8-6-13(7-9-16)12(2)17/h12-13,15,17H,5-11H2,1-4H3. The molecule has 0 spiro atoms. The van der Waals surface area contributed by atoms with Crippen LogP contribution in [0.5, 0.6) is 0 Å². The SMILES string of the molecule is CCNCC(C)(C)CN1CCC(C(C)O)CC1. The van der Waals surface area contributed by atoms with Crippen LogP contribution in [-0.2, 0) is 0 Å². The Morgan fingerprint density at radius 3 is 2.41 bits per heavy atom. The first-order chi connectivity index (χ1) is 7.94. The Morgan fingerprint density at radius 1 is 1.35 bits per heavy atom. The molecule has 0 aromatic carbocycles. The fourth-order valence-electron chi connectivity index (χ4n) is 2.72. The van der Waals surface area contributed by atoms with Crippen molar-refractivity contribution in [1.29, 1.82) is 0 Å². The van der Waals surface area contributed by atoms with Gasteiger partial charge in [0, 0.05) is 13.1 Å². The predicted molar refractivity (Wildman–Crippen MR) is 73.2 cm³/mol. The number of nitrogens with zero attached hydrogens (tertiary/aromatic N) is 1. The molecular weight excluding hydrogens is 212 g/mol. The van der Waals surface area contributed by atoms with Crippen molar-refractivity contribution in [3.63, 3.8) is 0 Å². The number of hydrogen-bond acceptors (Lipinski definition) is 3. The molecule has 17 heavy (non-hydrogen) atoms. The van der Waals surface area contributed by atoms with E-state index in [1.54, 1.807) is 0 Å². The maximum Gasteiger partial charge on any atom is 0.0541 e. The quantitative estimate of drug-likeness (QED) is 0.744. The van der Waals surface area contributed by atoms with E-state index >= 15 is 0 Å². The highest BCUT2D eigenvalue weighted by Crippen LogP contribution is 2.24. The Morgan fingerprint density at radius 2 is 1.94 bits per heavy atom. The minimum absolute atomic E-state index is 0.132. The molecule has 1 fully saturated rings. The minimum atomic E-state index is -0.132. The molecule has 0 aromatic heterocycles. The van der Waals surface area contributed by atoms with Gasteiger partial charge in [-0.25, -0.2) is 0 Å². The Bertz CT molecular complexity index is 208. The molecule has 0 amide bonds. The maximum atomic E-state index is 9.58. The molecule has 1 rings (SSSR count). The normalized spacial score (nSPS) is 21.7. The van der Waals surface area contributed by atoms with Gasteiger partial charge in [-0.05, 0) is 50.7 Å². The van der Waals surface area contributed by atoms with Gasteiger partial charge in [-0.2, -0.15) is 0 Å². The van der Waals surface area contributed by atoms with Crippen LogP contribution < -0.4 is 5.32 Å². The Kier molecular flexibility index (Phi) is 5.90. The van der Waals surface area contributed by atoms with Crippen LogP contribution in [0.3, 0.4) is 0 Å². The van der Waals surface area contributed by atoms with Crippen LogP contribution in [0.25, 0.3) is 0 Å². The van der Waals surface area contributed by atoms with E-state index in [4.69, 9.17) is 0 Å². The third-order valence-electron chi connectivity index (χ3n) is 3.82. The summed E-state index contributed by atoms with van der Waals surface area (Å²) in [5.74, 6) is 0.517. The monoisotopic (exact) mass is 242 g/mol. The van der Waals surface area contributed by atoms with E-state index in [1.807, 2.05) is 6.92 Å². The molecule has 0 aromatic rings. The van der Waals surface area contributed by atoms with Gasteiger partial charge in [-0.3, -0.25) is 0 Å². The lowest BCUT2D eigenvalue weighted by Crippen LogP contribution is -2.44. The van der Waals surface area contributed by atoms with Gasteiger partial charge in [0.15, 0.2) is 0 Å². The summed E-state index contributed by atoms with van der Waals surface area (Å²) in [5.41, 5.74) is 0.341. The number of rotatable bonds is 6. The van der Waals surface area contributed by atoms with Crippen LogP contribution in [-0.4, -0.2) is 48.8 Å². The van der Waals surface area contributed by atoms with Crippen LogP contribution in [0.2, 0.25) is 0 Å². The van der Waals surface area contributed by atoms with E-state index < -0.39 is 0 Å². The zero-order valence-corrected chi connectivity index (χ0v) is 12.0. The third kappa shape index (κ3) is 5.36. The van der Waals surface area contributed by atoms with Gasteiger partial charge in [0.1, 0.15) is 0 Å². The molecule has 1 aliphatic rings. The van der Waals surface area contributed by atoms with Crippen molar-refractivity contribution in [1.82, 2.24) is 10.2 Å². The second-order valence-electron chi connectivity index (χ2n) is 6.30. The highest BCUT2D eigenvalue weighted by molar-refractivity contribution is 4.81. The molecule has 0 saturated carbocycles.